The van der Waals surface area contributed by atoms with E-state index < -0.39 is 0 Å². The predicted octanol–water partition coefficient (Wildman–Crippen LogP) is 14.9. The molecule has 0 spiro atoms. The molecule has 5 nitrogen and oxygen atoms in total. The van der Waals surface area contributed by atoms with Crippen molar-refractivity contribution in [3.8, 4) is 5.69 Å². The van der Waals surface area contributed by atoms with Gasteiger partial charge in [0.1, 0.15) is 11.4 Å². The van der Waals surface area contributed by atoms with E-state index in [0.29, 0.717) is 5.84 Å². The van der Waals surface area contributed by atoms with Crippen molar-refractivity contribution in [1.82, 2.24) is 9.13 Å². The van der Waals surface area contributed by atoms with Crippen LogP contribution < -0.4 is 0 Å². The van der Waals surface area contributed by atoms with Crippen LogP contribution in [0.3, 0.4) is 0 Å². The van der Waals surface area contributed by atoms with Crippen molar-refractivity contribution < 1.29 is 4.42 Å². The number of aliphatic imine (C=N–C) groups is 2. The number of fused-ring (bicyclic) bond motifs is 12. The number of amidine groups is 1. The molecule has 12 aromatic rings. The fourth-order valence-electron chi connectivity index (χ4n) is 10.1. The van der Waals surface area contributed by atoms with Crippen molar-refractivity contribution in [3.63, 3.8) is 0 Å². The lowest BCUT2D eigenvalue weighted by Gasteiger charge is -2.20. The Balaban J connectivity index is 1.16. The molecule has 0 bridgehead atoms. The molecule has 0 amide bonds. The van der Waals surface area contributed by atoms with Gasteiger partial charge in [0.25, 0.3) is 0 Å². The normalized spacial score (nSPS) is 17.4. The van der Waals surface area contributed by atoms with Crippen LogP contribution in [0.15, 0.2) is 209 Å². The van der Waals surface area contributed by atoms with Gasteiger partial charge >= 0.3 is 0 Å². The van der Waals surface area contributed by atoms with Crippen molar-refractivity contribution in [2.75, 3.05) is 0 Å². The first kappa shape index (κ1) is 34.8. The van der Waals surface area contributed by atoms with Crippen LogP contribution in [-0.4, -0.2) is 20.7 Å². The van der Waals surface area contributed by atoms with Gasteiger partial charge in [-0.2, -0.15) is 0 Å². The molecule has 4 heterocycles. The average Bonchev–Trinajstić information content (AvgIpc) is 3.98. The standard InChI is InChI=1S/C57H38N4O/c1-35-27-32-52(61-48-25-13-9-21-41(48)42-22-10-14-26-49(42)61)58-57(59-54(35)37-16-3-2-4-17-37)45-30-31-50(56-53(45)44-29-28-36-15-7-8-20-40(36)55(44)62-56)60-47-24-12-11-23-43(47)46-33-38-18-5-6-19-39(38)34-51(46)60/h2-26,28-35H,27H2,1H3/b52-32-,58-57-,59-54+. The Morgan fingerprint density at radius 2 is 1.06 bits per heavy atom. The Morgan fingerprint density at radius 3 is 1.79 bits per heavy atom. The molecule has 13 rings (SSSR count). The molecule has 9 aromatic carbocycles. The fraction of sp³-hybridized carbons (Fsp3) is 0.0526. The molecule has 0 fully saturated rings. The first-order chi connectivity index (χ1) is 30.7. The lowest BCUT2D eigenvalue weighted by atomic mass is 9.94. The number of hydrogen-bond donors (Lipinski definition) is 0. The molecule has 62 heavy (non-hydrogen) atoms. The first-order valence-electron chi connectivity index (χ1n) is 21.4. The summed E-state index contributed by atoms with van der Waals surface area (Å²) in [4.78, 5) is 11.4. The Labute approximate surface area is 356 Å². The van der Waals surface area contributed by atoms with Crippen LogP contribution in [0.5, 0.6) is 0 Å². The maximum atomic E-state index is 7.30. The lowest BCUT2D eigenvalue weighted by Crippen LogP contribution is -2.18. The minimum Gasteiger partial charge on any atom is -0.453 e. The van der Waals surface area contributed by atoms with E-state index in [1.807, 2.05) is 0 Å². The number of benzene rings is 9. The average molecular weight is 795 g/mol. The van der Waals surface area contributed by atoms with Gasteiger partial charge in [-0.3, -0.25) is 4.57 Å². The fourth-order valence-corrected chi connectivity index (χ4v) is 10.1. The molecule has 1 unspecified atom stereocenters. The Morgan fingerprint density at radius 1 is 0.468 bits per heavy atom. The van der Waals surface area contributed by atoms with Gasteiger partial charge in [0, 0.05) is 49.2 Å². The third-order valence-corrected chi connectivity index (χ3v) is 13.0. The van der Waals surface area contributed by atoms with E-state index in [4.69, 9.17) is 14.4 Å². The highest BCUT2D eigenvalue weighted by Crippen LogP contribution is 2.43. The van der Waals surface area contributed by atoms with Crippen molar-refractivity contribution in [2.24, 2.45) is 15.9 Å². The number of hydrogen-bond acceptors (Lipinski definition) is 3. The van der Waals surface area contributed by atoms with Gasteiger partial charge in [-0.25, -0.2) is 9.98 Å². The highest BCUT2D eigenvalue weighted by molar-refractivity contribution is 6.26. The molecule has 0 radical (unpaired) electrons. The highest BCUT2D eigenvalue weighted by atomic mass is 16.3. The molecule has 0 aliphatic carbocycles. The number of rotatable bonds is 4. The second kappa shape index (κ2) is 13.5. The second-order valence-electron chi connectivity index (χ2n) is 16.5. The summed E-state index contributed by atoms with van der Waals surface area (Å²) in [5, 5.41) is 11.4. The summed E-state index contributed by atoms with van der Waals surface area (Å²) in [6.07, 6.45) is 3.08. The smallest absolute Gasteiger partial charge is 0.162 e. The predicted molar refractivity (Wildman–Crippen MR) is 260 cm³/mol. The van der Waals surface area contributed by atoms with Crippen LogP contribution >= 0.6 is 0 Å². The molecular formula is C57H38N4O. The summed E-state index contributed by atoms with van der Waals surface area (Å²) < 4.78 is 12.0. The summed E-state index contributed by atoms with van der Waals surface area (Å²) in [7, 11) is 0. The van der Waals surface area contributed by atoms with Crippen molar-refractivity contribution >= 4 is 104 Å². The molecule has 292 valence electrons. The van der Waals surface area contributed by atoms with Crippen LogP contribution in [0.1, 0.15) is 24.5 Å². The zero-order valence-corrected chi connectivity index (χ0v) is 34.0. The second-order valence-corrected chi connectivity index (χ2v) is 16.5. The molecule has 1 aliphatic heterocycles. The van der Waals surface area contributed by atoms with Crippen molar-refractivity contribution in [1.29, 1.82) is 0 Å². The van der Waals surface area contributed by atoms with Crippen LogP contribution in [0.25, 0.3) is 98.6 Å². The molecule has 0 saturated heterocycles. The van der Waals surface area contributed by atoms with Crippen LogP contribution in [0, 0.1) is 5.92 Å². The number of furan rings is 1. The van der Waals surface area contributed by atoms with Crippen LogP contribution in [0.4, 0.5) is 0 Å². The van der Waals surface area contributed by atoms with Gasteiger partial charge in [-0.1, -0.05) is 146 Å². The van der Waals surface area contributed by atoms with Crippen molar-refractivity contribution in [2.45, 2.75) is 13.3 Å². The minimum atomic E-state index is 0.109. The Kier molecular flexibility index (Phi) is 7.58. The van der Waals surface area contributed by atoms with Crippen LogP contribution in [0.2, 0.25) is 0 Å². The number of nitrogens with zero attached hydrogens (tertiary/aromatic N) is 4. The number of allylic oxidation sites excluding steroid dienone is 1. The summed E-state index contributed by atoms with van der Waals surface area (Å²) >= 11 is 0. The Bertz CT molecular complexity index is 3860. The van der Waals surface area contributed by atoms with Gasteiger partial charge in [-0.05, 0) is 82.7 Å². The molecule has 0 N–H and O–H groups in total. The quantitative estimate of drug-likeness (QED) is 0.175. The topological polar surface area (TPSA) is 47.7 Å². The first-order valence-corrected chi connectivity index (χ1v) is 21.4. The maximum Gasteiger partial charge on any atom is 0.162 e. The van der Waals surface area contributed by atoms with Gasteiger partial charge in [-0.15, -0.1) is 0 Å². The third-order valence-electron chi connectivity index (χ3n) is 13.0. The van der Waals surface area contributed by atoms with Gasteiger partial charge < -0.3 is 8.98 Å². The van der Waals surface area contributed by atoms with E-state index in [9.17, 15) is 0 Å². The summed E-state index contributed by atoms with van der Waals surface area (Å²) in [6, 6.07) is 67.2. The maximum absolute atomic E-state index is 7.30. The monoisotopic (exact) mass is 794 g/mol. The van der Waals surface area contributed by atoms with Gasteiger partial charge in [0.2, 0.25) is 0 Å². The van der Waals surface area contributed by atoms with E-state index in [-0.39, 0.29) is 5.92 Å². The van der Waals surface area contributed by atoms with E-state index in [1.54, 1.807) is 0 Å². The van der Waals surface area contributed by atoms with Crippen LogP contribution in [-0.2, 0) is 0 Å². The molecular weight excluding hydrogens is 757 g/mol. The largest absolute Gasteiger partial charge is 0.453 e. The zero-order chi connectivity index (χ0) is 40.9. The van der Waals surface area contributed by atoms with Gasteiger partial charge in [0.15, 0.2) is 11.4 Å². The molecule has 1 atom stereocenters. The SMILES string of the molecule is CC1C/C=C(n2c3ccccc3c3ccccc32)/N=C(c2ccc(-n3c4ccccc4c4cc5ccccc5cc43)c3oc4c5ccccc5ccc4c23)\N=C/1c1ccccc1. The van der Waals surface area contributed by atoms with E-state index in [2.05, 4.69) is 210 Å². The third kappa shape index (κ3) is 5.15. The van der Waals surface area contributed by atoms with E-state index in [0.717, 1.165) is 89.5 Å². The van der Waals surface area contributed by atoms with E-state index in [1.165, 1.54) is 32.3 Å². The summed E-state index contributed by atoms with van der Waals surface area (Å²) in [5.41, 5.74) is 10.1. The minimum absolute atomic E-state index is 0.109. The number of para-hydroxylation sites is 3. The summed E-state index contributed by atoms with van der Waals surface area (Å²) in [5.74, 6) is 1.60. The molecule has 1 aliphatic rings. The number of aromatic nitrogens is 2. The molecule has 0 saturated carbocycles. The van der Waals surface area contributed by atoms with Crippen molar-refractivity contribution in [3.05, 3.63) is 205 Å². The zero-order valence-electron chi connectivity index (χ0n) is 34.0. The summed E-state index contributed by atoms with van der Waals surface area (Å²) in [6.45, 7) is 2.28. The van der Waals surface area contributed by atoms with Gasteiger partial charge in [0.05, 0.1) is 33.5 Å². The lowest BCUT2D eigenvalue weighted by molar-refractivity contribution is 0.670. The molecule has 5 heteroatoms. The van der Waals surface area contributed by atoms with E-state index >= 15 is 0 Å². The molecule has 3 aromatic heterocycles. The highest BCUT2D eigenvalue weighted by Gasteiger charge is 2.26. The Hall–Kier alpha value is -8.02.